The molecule has 12 heteroatoms. The van der Waals surface area contributed by atoms with Crippen molar-refractivity contribution in [3.05, 3.63) is 46.6 Å². The van der Waals surface area contributed by atoms with Crippen LogP contribution in [0.1, 0.15) is 32.7 Å². The molecule has 4 rings (SSSR count). The number of nitrogens with zero attached hydrogens (tertiary/aromatic N) is 3. The number of hydrogen-bond acceptors (Lipinski definition) is 6. The summed E-state index contributed by atoms with van der Waals surface area (Å²) in [7, 11) is -4.19. The van der Waals surface area contributed by atoms with E-state index >= 15 is 0 Å². The first kappa shape index (κ1) is 23.0. The van der Waals surface area contributed by atoms with Gasteiger partial charge in [-0.25, -0.2) is 26.6 Å². The third kappa shape index (κ3) is 4.39. The quantitative estimate of drug-likeness (QED) is 0.556. The standard InChI is InChI=1S/C21H22F3N5O3S/c1-11(2)29-18-13(9-26-20(25)27-18)7-15(19(29)30)12-3-4-17(16(22)8-12)28-33(31,32)10-14-5-6-21(14,23)24/h3-4,7-9,11,14,28H,5-6,10H2,1-2H3,(H2,25,26,27). The number of benzene rings is 1. The number of halogens is 3. The molecular formula is C21H22F3N5O3S. The number of rotatable bonds is 6. The predicted octanol–water partition coefficient (Wildman–Crippen LogP) is 3.55. The number of fused-ring (bicyclic) bond motifs is 1. The Morgan fingerprint density at radius 3 is 2.61 bits per heavy atom. The molecule has 3 aromatic rings. The van der Waals surface area contributed by atoms with Crippen LogP contribution in [0.15, 0.2) is 35.3 Å². The zero-order valence-electron chi connectivity index (χ0n) is 17.8. The van der Waals surface area contributed by atoms with E-state index in [2.05, 4.69) is 9.97 Å². The molecule has 0 saturated heterocycles. The van der Waals surface area contributed by atoms with Gasteiger partial charge in [0, 0.05) is 35.5 Å². The average molecular weight is 482 g/mol. The molecule has 8 nitrogen and oxygen atoms in total. The molecule has 1 aliphatic carbocycles. The first-order valence-corrected chi connectivity index (χ1v) is 11.9. The summed E-state index contributed by atoms with van der Waals surface area (Å²) < 4.78 is 69.6. The van der Waals surface area contributed by atoms with E-state index in [4.69, 9.17) is 5.73 Å². The van der Waals surface area contributed by atoms with Crippen molar-refractivity contribution >= 4 is 32.7 Å². The van der Waals surface area contributed by atoms with Crippen molar-refractivity contribution < 1.29 is 21.6 Å². The number of anilines is 2. The minimum atomic E-state index is -4.19. The minimum absolute atomic E-state index is 0.00592. The minimum Gasteiger partial charge on any atom is -0.368 e. The van der Waals surface area contributed by atoms with Gasteiger partial charge < -0.3 is 5.73 Å². The van der Waals surface area contributed by atoms with Gasteiger partial charge in [-0.15, -0.1) is 0 Å². The fourth-order valence-electron chi connectivity index (χ4n) is 3.83. The smallest absolute Gasteiger partial charge is 0.260 e. The molecule has 0 spiro atoms. The Morgan fingerprint density at radius 1 is 1.30 bits per heavy atom. The first-order chi connectivity index (χ1) is 15.4. The van der Waals surface area contributed by atoms with Crippen molar-refractivity contribution in [2.45, 2.75) is 38.7 Å². The molecule has 3 N–H and O–H groups in total. The molecule has 1 aliphatic rings. The molecule has 0 amide bonds. The molecule has 0 radical (unpaired) electrons. The number of alkyl halides is 2. The number of aromatic nitrogens is 3. The van der Waals surface area contributed by atoms with Gasteiger partial charge in [-0.1, -0.05) is 6.07 Å². The Bertz CT molecular complexity index is 1410. The maximum absolute atomic E-state index is 14.8. The fourth-order valence-corrected chi connectivity index (χ4v) is 5.35. The van der Waals surface area contributed by atoms with E-state index in [1.807, 2.05) is 4.72 Å². The molecule has 0 aliphatic heterocycles. The van der Waals surface area contributed by atoms with Crippen molar-refractivity contribution in [1.82, 2.24) is 14.5 Å². The van der Waals surface area contributed by atoms with Gasteiger partial charge in [0.2, 0.25) is 16.0 Å². The molecule has 176 valence electrons. The third-order valence-corrected chi connectivity index (χ3v) is 7.07. The van der Waals surface area contributed by atoms with Crippen LogP contribution in [0.2, 0.25) is 0 Å². The first-order valence-electron chi connectivity index (χ1n) is 10.2. The van der Waals surface area contributed by atoms with Gasteiger partial charge in [-0.3, -0.25) is 14.1 Å². The summed E-state index contributed by atoms with van der Waals surface area (Å²) in [4.78, 5) is 21.2. The van der Waals surface area contributed by atoms with E-state index in [1.54, 1.807) is 13.8 Å². The van der Waals surface area contributed by atoms with E-state index in [9.17, 15) is 26.4 Å². The van der Waals surface area contributed by atoms with Crippen LogP contribution in [0, 0.1) is 11.7 Å². The van der Waals surface area contributed by atoms with Crippen LogP contribution in [0.5, 0.6) is 0 Å². The Morgan fingerprint density at radius 2 is 2.03 bits per heavy atom. The van der Waals surface area contributed by atoms with Gasteiger partial charge >= 0.3 is 0 Å². The molecule has 0 bridgehead atoms. The summed E-state index contributed by atoms with van der Waals surface area (Å²) in [5, 5.41) is 0.513. The van der Waals surface area contributed by atoms with Gasteiger partial charge in [0.1, 0.15) is 11.5 Å². The summed E-state index contributed by atoms with van der Waals surface area (Å²) >= 11 is 0. The second kappa shape index (κ2) is 8.01. The summed E-state index contributed by atoms with van der Waals surface area (Å²) in [6.45, 7) is 3.57. The SMILES string of the molecule is CC(C)n1c(=O)c(-c2ccc(NS(=O)(=O)CC3CCC3(F)F)c(F)c2)cc2cnc(N)nc21. The molecule has 1 saturated carbocycles. The highest BCUT2D eigenvalue weighted by atomic mass is 32.2. The average Bonchev–Trinajstić information content (AvgIpc) is 2.72. The maximum atomic E-state index is 14.8. The summed E-state index contributed by atoms with van der Waals surface area (Å²) in [6, 6.07) is 4.78. The van der Waals surface area contributed by atoms with Crippen molar-refractivity contribution in [3.63, 3.8) is 0 Å². The highest BCUT2D eigenvalue weighted by Gasteiger charge is 2.50. The van der Waals surface area contributed by atoms with Gasteiger partial charge in [0.05, 0.1) is 11.4 Å². The van der Waals surface area contributed by atoms with Gasteiger partial charge in [0.15, 0.2) is 0 Å². The monoisotopic (exact) mass is 481 g/mol. The zero-order chi connectivity index (χ0) is 24.1. The van der Waals surface area contributed by atoms with Gasteiger partial charge in [-0.2, -0.15) is 4.98 Å². The molecular weight excluding hydrogens is 459 g/mol. The lowest BCUT2D eigenvalue weighted by Crippen LogP contribution is -2.43. The molecule has 2 aromatic heterocycles. The highest BCUT2D eigenvalue weighted by Crippen LogP contribution is 2.44. The molecule has 1 aromatic carbocycles. The lowest BCUT2D eigenvalue weighted by molar-refractivity contribution is -0.122. The molecule has 1 fully saturated rings. The molecule has 2 heterocycles. The Labute approximate surface area is 187 Å². The number of sulfonamides is 1. The number of pyridine rings is 1. The second-order valence-electron chi connectivity index (χ2n) is 8.41. The topological polar surface area (TPSA) is 120 Å². The van der Waals surface area contributed by atoms with Crippen LogP contribution < -0.4 is 16.0 Å². The third-order valence-electron chi connectivity index (χ3n) is 5.70. The van der Waals surface area contributed by atoms with E-state index in [0.717, 1.165) is 12.1 Å². The van der Waals surface area contributed by atoms with Crippen LogP contribution in [-0.4, -0.2) is 34.6 Å². The van der Waals surface area contributed by atoms with E-state index < -0.39 is 39.0 Å². The van der Waals surface area contributed by atoms with Crippen molar-refractivity contribution in [2.75, 3.05) is 16.2 Å². The van der Waals surface area contributed by atoms with Crippen LogP contribution in [0.25, 0.3) is 22.2 Å². The number of nitrogens with one attached hydrogen (secondary N) is 1. The number of hydrogen-bond donors (Lipinski definition) is 2. The van der Waals surface area contributed by atoms with Crippen molar-refractivity contribution in [3.8, 4) is 11.1 Å². The van der Waals surface area contributed by atoms with E-state index in [0.29, 0.717) is 11.0 Å². The largest absolute Gasteiger partial charge is 0.368 e. The van der Waals surface area contributed by atoms with E-state index in [1.165, 1.54) is 22.9 Å². The molecule has 1 atom stereocenters. The number of nitrogen functional groups attached to an aromatic ring is 1. The van der Waals surface area contributed by atoms with Crippen LogP contribution in [-0.2, 0) is 10.0 Å². The summed E-state index contributed by atoms with van der Waals surface area (Å²) in [5.74, 6) is -6.06. The van der Waals surface area contributed by atoms with Gasteiger partial charge in [-0.05, 0) is 44.0 Å². The Hall–Kier alpha value is -3.15. The Kier molecular flexibility index (Phi) is 5.59. The predicted molar refractivity (Wildman–Crippen MR) is 119 cm³/mol. The van der Waals surface area contributed by atoms with Crippen molar-refractivity contribution in [2.24, 2.45) is 5.92 Å². The lowest BCUT2D eigenvalue weighted by Gasteiger charge is -2.35. The summed E-state index contributed by atoms with van der Waals surface area (Å²) in [6.07, 6.45) is 1.19. The Balaban J connectivity index is 1.69. The lowest BCUT2D eigenvalue weighted by atomic mass is 9.82. The van der Waals surface area contributed by atoms with Crippen molar-refractivity contribution in [1.29, 1.82) is 0 Å². The molecule has 1 unspecified atom stereocenters. The number of nitrogens with two attached hydrogens (primary N) is 1. The van der Waals surface area contributed by atoms with E-state index in [-0.39, 0.29) is 41.6 Å². The second-order valence-corrected chi connectivity index (χ2v) is 10.2. The maximum Gasteiger partial charge on any atom is 0.260 e. The fraction of sp³-hybridized carbons (Fsp3) is 0.381. The zero-order valence-corrected chi connectivity index (χ0v) is 18.7. The normalized spacial score (nSPS) is 17.8. The van der Waals surface area contributed by atoms with Crippen LogP contribution in [0.3, 0.4) is 0 Å². The highest BCUT2D eigenvalue weighted by molar-refractivity contribution is 7.92. The van der Waals surface area contributed by atoms with Crippen LogP contribution in [0.4, 0.5) is 24.8 Å². The van der Waals surface area contributed by atoms with Crippen LogP contribution >= 0.6 is 0 Å². The molecule has 33 heavy (non-hydrogen) atoms. The summed E-state index contributed by atoms with van der Waals surface area (Å²) in [5.41, 5.74) is 5.53. The van der Waals surface area contributed by atoms with Gasteiger partial charge in [0.25, 0.3) is 11.5 Å².